The molecule has 0 radical (unpaired) electrons. The molecule has 0 fully saturated rings. The molecule has 0 saturated heterocycles. The van der Waals surface area contributed by atoms with Gasteiger partial charge in [0.05, 0.1) is 0 Å². The summed E-state index contributed by atoms with van der Waals surface area (Å²) >= 11 is 9.23. The molecular formula is C15H21BrClNO. The predicted octanol–water partition coefficient (Wildman–Crippen LogP) is 4.53. The molecule has 4 heteroatoms. The van der Waals surface area contributed by atoms with Crippen molar-refractivity contribution in [1.82, 2.24) is 5.32 Å². The van der Waals surface area contributed by atoms with Crippen LogP contribution in [0.15, 0.2) is 22.7 Å². The minimum atomic E-state index is -0.0172. The van der Waals surface area contributed by atoms with Gasteiger partial charge in [-0.15, -0.1) is 11.6 Å². The smallest absolute Gasteiger partial charge is 0.251 e. The van der Waals surface area contributed by atoms with Gasteiger partial charge in [0.2, 0.25) is 0 Å². The van der Waals surface area contributed by atoms with Crippen LogP contribution < -0.4 is 5.32 Å². The van der Waals surface area contributed by atoms with Crippen molar-refractivity contribution in [2.75, 3.05) is 12.4 Å². The topological polar surface area (TPSA) is 29.1 Å². The molecule has 19 heavy (non-hydrogen) atoms. The highest BCUT2D eigenvalue weighted by molar-refractivity contribution is 9.10. The summed E-state index contributed by atoms with van der Waals surface area (Å²) in [5, 5.41) is 3.00. The van der Waals surface area contributed by atoms with E-state index in [9.17, 15) is 4.79 Å². The van der Waals surface area contributed by atoms with E-state index in [1.807, 2.05) is 25.1 Å². The van der Waals surface area contributed by atoms with Gasteiger partial charge in [-0.05, 0) is 43.4 Å². The standard InChI is InChI=1S/C15H21BrClNO/c1-3-4-12(7-8-17)10-18-15(19)13-6-5-11(2)14(16)9-13/h5-6,9,12H,3-4,7-8,10H2,1-2H3,(H,18,19). The van der Waals surface area contributed by atoms with E-state index >= 15 is 0 Å². The Kier molecular flexibility index (Phi) is 7.47. The number of amides is 1. The average molecular weight is 347 g/mol. The number of carbonyl (C=O) groups is 1. The first-order chi connectivity index (χ1) is 9.08. The normalized spacial score (nSPS) is 12.2. The summed E-state index contributed by atoms with van der Waals surface area (Å²) in [7, 11) is 0. The lowest BCUT2D eigenvalue weighted by Gasteiger charge is -2.15. The molecular weight excluding hydrogens is 326 g/mol. The number of halogens is 2. The van der Waals surface area contributed by atoms with E-state index in [2.05, 4.69) is 28.2 Å². The Hall–Kier alpha value is -0.540. The van der Waals surface area contributed by atoms with E-state index in [-0.39, 0.29) is 5.91 Å². The molecule has 2 nitrogen and oxygen atoms in total. The monoisotopic (exact) mass is 345 g/mol. The average Bonchev–Trinajstić information content (AvgIpc) is 2.39. The third kappa shape index (κ3) is 5.53. The third-order valence-electron chi connectivity index (χ3n) is 3.20. The lowest BCUT2D eigenvalue weighted by molar-refractivity contribution is 0.0946. The summed E-state index contributed by atoms with van der Waals surface area (Å²) in [5.74, 6) is 1.10. The van der Waals surface area contributed by atoms with Gasteiger partial charge in [-0.1, -0.05) is 35.3 Å². The molecule has 0 heterocycles. The fraction of sp³-hybridized carbons (Fsp3) is 0.533. The Labute approximate surface area is 129 Å². The van der Waals surface area contributed by atoms with Crippen molar-refractivity contribution in [2.24, 2.45) is 5.92 Å². The number of nitrogens with one attached hydrogen (secondary N) is 1. The van der Waals surface area contributed by atoms with Crippen LogP contribution in [-0.2, 0) is 0 Å². The first kappa shape index (κ1) is 16.5. The van der Waals surface area contributed by atoms with Gasteiger partial charge in [-0.3, -0.25) is 4.79 Å². The first-order valence-electron chi connectivity index (χ1n) is 6.68. The molecule has 0 bridgehead atoms. The first-order valence-corrected chi connectivity index (χ1v) is 8.01. The summed E-state index contributed by atoms with van der Waals surface area (Å²) < 4.78 is 0.964. The SMILES string of the molecule is CCCC(CCCl)CNC(=O)c1ccc(C)c(Br)c1. The molecule has 106 valence electrons. The fourth-order valence-corrected chi connectivity index (χ4v) is 2.67. The summed E-state index contributed by atoms with van der Waals surface area (Å²) in [6.45, 7) is 4.86. The minimum absolute atomic E-state index is 0.0172. The van der Waals surface area contributed by atoms with E-state index in [1.54, 1.807) is 0 Å². The van der Waals surface area contributed by atoms with Crippen LogP contribution in [0.25, 0.3) is 0 Å². The highest BCUT2D eigenvalue weighted by atomic mass is 79.9. The van der Waals surface area contributed by atoms with Crippen LogP contribution in [0.4, 0.5) is 0 Å². The molecule has 0 spiro atoms. The molecule has 1 N–H and O–H groups in total. The molecule has 1 aromatic rings. The summed E-state index contributed by atoms with van der Waals surface area (Å²) in [6, 6.07) is 5.66. The Morgan fingerprint density at radius 1 is 1.42 bits per heavy atom. The Morgan fingerprint density at radius 3 is 2.74 bits per heavy atom. The zero-order valence-corrected chi connectivity index (χ0v) is 13.9. The van der Waals surface area contributed by atoms with Gasteiger partial charge < -0.3 is 5.32 Å². The van der Waals surface area contributed by atoms with Crippen LogP contribution in [0, 0.1) is 12.8 Å². The Bertz CT molecular complexity index is 417. The second-order valence-electron chi connectivity index (χ2n) is 4.81. The lowest BCUT2D eigenvalue weighted by Crippen LogP contribution is -2.29. The maximum atomic E-state index is 12.1. The van der Waals surface area contributed by atoms with Crippen LogP contribution in [-0.4, -0.2) is 18.3 Å². The highest BCUT2D eigenvalue weighted by Crippen LogP contribution is 2.17. The predicted molar refractivity (Wildman–Crippen MR) is 84.9 cm³/mol. The minimum Gasteiger partial charge on any atom is -0.352 e. The van der Waals surface area contributed by atoms with Gasteiger partial charge in [-0.25, -0.2) is 0 Å². The van der Waals surface area contributed by atoms with Crippen molar-refractivity contribution in [3.8, 4) is 0 Å². The number of benzene rings is 1. The van der Waals surface area contributed by atoms with Gasteiger partial charge in [0.25, 0.3) is 5.91 Å². The van der Waals surface area contributed by atoms with E-state index in [0.29, 0.717) is 23.9 Å². The van der Waals surface area contributed by atoms with Crippen LogP contribution in [0.5, 0.6) is 0 Å². The molecule has 1 unspecified atom stereocenters. The molecule has 0 aromatic heterocycles. The van der Waals surface area contributed by atoms with E-state index in [4.69, 9.17) is 11.6 Å². The van der Waals surface area contributed by atoms with Crippen LogP contribution in [0.3, 0.4) is 0 Å². The third-order valence-corrected chi connectivity index (χ3v) is 4.27. The lowest BCUT2D eigenvalue weighted by atomic mass is 10.0. The van der Waals surface area contributed by atoms with Crippen molar-refractivity contribution in [3.05, 3.63) is 33.8 Å². The molecule has 1 atom stereocenters. The van der Waals surface area contributed by atoms with Gasteiger partial charge in [0.15, 0.2) is 0 Å². The van der Waals surface area contributed by atoms with Crippen LogP contribution >= 0.6 is 27.5 Å². The quantitative estimate of drug-likeness (QED) is 0.722. The Morgan fingerprint density at radius 2 is 2.16 bits per heavy atom. The molecule has 0 aliphatic heterocycles. The van der Waals surface area contributed by atoms with Crippen molar-refractivity contribution in [1.29, 1.82) is 0 Å². The maximum Gasteiger partial charge on any atom is 0.251 e. The molecule has 1 amide bonds. The van der Waals surface area contributed by atoms with Crippen molar-refractivity contribution in [2.45, 2.75) is 33.1 Å². The van der Waals surface area contributed by atoms with Crippen LogP contribution in [0.2, 0.25) is 0 Å². The van der Waals surface area contributed by atoms with Crippen LogP contribution in [0.1, 0.15) is 42.1 Å². The Balaban J connectivity index is 2.56. The van der Waals surface area contributed by atoms with Gasteiger partial charge in [0.1, 0.15) is 0 Å². The van der Waals surface area contributed by atoms with Crippen molar-refractivity contribution in [3.63, 3.8) is 0 Å². The van der Waals surface area contributed by atoms with E-state index < -0.39 is 0 Å². The highest BCUT2D eigenvalue weighted by Gasteiger charge is 2.11. The van der Waals surface area contributed by atoms with Gasteiger partial charge in [-0.2, -0.15) is 0 Å². The molecule has 0 saturated carbocycles. The second-order valence-corrected chi connectivity index (χ2v) is 6.04. The largest absolute Gasteiger partial charge is 0.352 e. The second kappa shape index (κ2) is 8.60. The van der Waals surface area contributed by atoms with Crippen molar-refractivity contribution >= 4 is 33.4 Å². The van der Waals surface area contributed by atoms with Gasteiger partial charge >= 0.3 is 0 Å². The number of hydrogen-bond donors (Lipinski definition) is 1. The summed E-state index contributed by atoms with van der Waals surface area (Å²) in [5.41, 5.74) is 1.82. The summed E-state index contributed by atoms with van der Waals surface area (Å²) in [4.78, 5) is 12.1. The zero-order chi connectivity index (χ0) is 14.3. The van der Waals surface area contributed by atoms with E-state index in [1.165, 1.54) is 0 Å². The molecule has 0 aliphatic carbocycles. The summed E-state index contributed by atoms with van der Waals surface area (Å²) in [6.07, 6.45) is 3.17. The van der Waals surface area contributed by atoms with E-state index in [0.717, 1.165) is 29.3 Å². The number of alkyl halides is 1. The molecule has 1 rings (SSSR count). The zero-order valence-electron chi connectivity index (χ0n) is 11.5. The van der Waals surface area contributed by atoms with Gasteiger partial charge in [0, 0.05) is 22.5 Å². The fourth-order valence-electron chi connectivity index (χ4n) is 1.98. The number of aryl methyl sites for hydroxylation is 1. The van der Waals surface area contributed by atoms with Crippen molar-refractivity contribution < 1.29 is 4.79 Å². The number of hydrogen-bond acceptors (Lipinski definition) is 1. The molecule has 1 aromatic carbocycles. The number of rotatable bonds is 7. The number of carbonyl (C=O) groups excluding carboxylic acids is 1. The molecule has 0 aliphatic rings. The maximum absolute atomic E-state index is 12.1.